The van der Waals surface area contributed by atoms with Gasteiger partial charge in [0.15, 0.2) is 0 Å². The van der Waals surface area contributed by atoms with E-state index in [0.29, 0.717) is 55.4 Å². The third-order valence-corrected chi connectivity index (χ3v) is 4.69. The Balaban J connectivity index is 1.84. The predicted octanol–water partition coefficient (Wildman–Crippen LogP) is 3.09. The third-order valence-electron chi connectivity index (χ3n) is 4.69. The Morgan fingerprint density at radius 2 is 1.87 bits per heavy atom. The Hall–Kier alpha value is -3.23. The van der Waals surface area contributed by atoms with Crippen molar-refractivity contribution >= 4 is 17.8 Å². The highest BCUT2D eigenvalue weighted by Gasteiger charge is 2.27. The Kier molecular flexibility index (Phi) is 6.72. The standard InChI is InChI=1S/C22H28FN5O3/c1-5-24-20(29)16-12-17(15-6-7-25-18(23)13-15)26-19(14-16)27-8-10-28(11-9-27)21(30)31-22(2,3)4/h6-7,12-14H,5,8-11H2,1-4H3,(H,24,29). The summed E-state index contributed by atoms with van der Waals surface area (Å²) < 4.78 is 19.1. The smallest absolute Gasteiger partial charge is 0.410 e. The number of carbonyl (C=O) groups excluding carboxylic acids is 2. The van der Waals surface area contributed by atoms with Gasteiger partial charge in [-0.3, -0.25) is 4.79 Å². The molecule has 9 heteroatoms. The molecule has 0 aliphatic carbocycles. The van der Waals surface area contributed by atoms with Gasteiger partial charge in [-0.15, -0.1) is 0 Å². The molecule has 1 aliphatic rings. The maximum absolute atomic E-state index is 13.6. The summed E-state index contributed by atoms with van der Waals surface area (Å²) >= 11 is 0. The van der Waals surface area contributed by atoms with Gasteiger partial charge in [-0.2, -0.15) is 4.39 Å². The third kappa shape index (κ3) is 5.90. The highest BCUT2D eigenvalue weighted by atomic mass is 19.1. The summed E-state index contributed by atoms with van der Waals surface area (Å²) in [6, 6.07) is 6.29. The molecule has 1 aliphatic heterocycles. The molecule has 2 amide bonds. The average molecular weight is 429 g/mol. The molecule has 31 heavy (non-hydrogen) atoms. The lowest BCUT2D eigenvalue weighted by molar-refractivity contribution is 0.0240. The van der Waals surface area contributed by atoms with Crippen LogP contribution < -0.4 is 10.2 Å². The summed E-state index contributed by atoms with van der Waals surface area (Å²) in [7, 11) is 0. The topological polar surface area (TPSA) is 87.7 Å². The lowest BCUT2D eigenvalue weighted by atomic mass is 10.1. The van der Waals surface area contributed by atoms with Gasteiger partial charge in [0, 0.05) is 56.1 Å². The first kappa shape index (κ1) is 22.5. The number of rotatable bonds is 4. The molecule has 1 saturated heterocycles. The maximum Gasteiger partial charge on any atom is 0.410 e. The first-order valence-electron chi connectivity index (χ1n) is 10.3. The molecular formula is C22H28FN5O3. The van der Waals surface area contributed by atoms with Crippen LogP contribution in [0.5, 0.6) is 0 Å². The van der Waals surface area contributed by atoms with Crippen molar-refractivity contribution in [3.05, 3.63) is 42.0 Å². The molecule has 8 nitrogen and oxygen atoms in total. The number of halogens is 1. The normalized spacial score (nSPS) is 14.4. The fourth-order valence-electron chi connectivity index (χ4n) is 3.23. The van der Waals surface area contributed by atoms with Crippen LogP contribution in [0, 0.1) is 5.95 Å². The van der Waals surface area contributed by atoms with Gasteiger partial charge < -0.3 is 19.9 Å². The van der Waals surface area contributed by atoms with Crippen LogP contribution in [0.1, 0.15) is 38.1 Å². The largest absolute Gasteiger partial charge is 0.444 e. The second kappa shape index (κ2) is 9.28. The van der Waals surface area contributed by atoms with Crippen molar-refractivity contribution in [2.45, 2.75) is 33.3 Å². The molecule has 0 atom stereocenters. The van der Waals surface area contributed by atoms with Crippen molar-refractivity contribution in [1.29, 1.82) is 0 Å². The summed E-state index contributed by atoms with van der Waals surface area (Å²) in [4.78, 5) is 36.7. The number of carbonyl (C=O) groups is 2. The molecule has 3 heterocycles. The fraction of sp³-hybridized carbons (Fsp3) is 0.455. The lowest BCUT2D eigenvalue weighted by Gasteiger charge is -2.36. The van der Waals surface area contributed by atoms with E-state index in [-0.39, 0.29) is 12.0 Å². The van der Waals surface area contributed by atoms with Gasteiger partial charge >= 0.3 is 6.09 Å². The van der Waals surface area contributed by atoms with Gasteiger partial charge in [0.25, 0.3) is 5.91 Å². The van der Waals surface area contributed by atoms with Gasteiger partial charge in [-0.05, 0) is 45.9 Å². The number of nitrogens with zero attached hydrogens (tertiary/aromatic N) is 4. The predicted molar refractivity (Wildman–Crippen MR) is 115 cm³/mol. The second-order valence-corrected chi connectivity index (χ2v) is 8.28. The highest BCUT2D eigenvalue weighted by molar-refractivity contribution is 5.96. The Labute approximate surface area is 181 Å². The Morgan fingerprint density at radius 1 is 1.16 bits per heavy atom. The molecule has 2 aromatic rings. The van der Waals surface area contributed by atoms with Crippen molar-refractivity contribution in [3.63, 3.8) is 0 Å². The molecule has 2 aromatic heterocycles. The zero-order valence-electron chi connectivity index (χ0n) is 18.3. The van der Waals surface area contributed by atoms with Crippen molar-refractivity contribution in [2.75, 3.05) is 37.6 Å². The maximum atomic E-state index is 13.6. The summed E-state index contributed by atoms with van der Waals surface area (Å²) in [5.74, 6) is -0.246. The first-order valence-corrected chi connectivity index (χ1v) is 10.3. The van der Waals surface area contributed by atoms with Gasteiger partial charge in [-0.25, -0.2) is 14.8 Å². The summed E-state index contributed by atoms with van der Waals surface area (Å²) in [5, 5.41) is 2.78. The van der Waals surface area contributed by atoms with Crippen LogP contribution in [0.25, 0.3) is 11.3 Å². The number of ether oxygens (including phenoxy) is 1. The molecule has 0 bridgehead atoms. The van der Waals surface area contributed by atoms with E-state index in [2.05, 4.69) is 15.3 Å². The zero-order valence-corrected chi connectivity index (χ0v) is 18.3. The Morgan fingerprint density at radius 3 is 2.48 bits per heavy atom. The van der Waals surface area contributed by atoms with Gasteiger partial charge in [-0.1, -0.05) is 0 Å². The minimum absolute atomic E-state index is 0.227. The van der Waals surface area contributed by atoms with Crippen LogP contribution in [-0.4, -0.2) is 65.2 Å². The van der Waals surface area contributed by atoms with Crippen molar-refractivity contribution in [2.24, 2.45) is 0 Å². The number of hydrogen-bond donors (Lipinski definition) is 1. The first-order chi connectivity index (χ1) is 14.7. The van der Waals surface area contributed by atoms with Gasteiger partial charge in [0.1, 0.15) is 11.4 Å². The minimum atomic E-state index is -0.616. The molecule has 0 saturated carbocycles. The number of hydrogen-bond acceptors (Lipinski definition) is 6. The highest BCUT2D eigenvalue weighted by Crippen LogP contribution is 2.24. The zero-order chi connectivity index (χ0) is 22.6. The molecule has 1 fully saturated rings. The molecule has 3 rings (SSSR count). The van der Waals surface area contributed by atoms with Crippen LogP contribution in [0.15, 0.2) is 30.5 Å². The molecule has 166 valence electrons. The van der Waals surface area contributed by atoms with E-state index in [1.54, 1.807) is 23.1 Å². The lowest BCUT2D eigenvalue weighted by Crippen LogP contribution is -2.50. The van der Waals surface area contributed by atoms with E-state index >= 15 is 0 Å². The Bertz CT molecular complexity index is 952. The van der Waals surface area contributed by atoms with E-state index in [1.807, 2.05) is 32.6 Å². The summed E-state index contributed by atoms with van der Waals surface area (Å²) in [6.07, 6.45) is 1.02. The fourth-order valence-corrected chi connectivity index (χ4v) is 3.23. The molecule has 1 N–H and O–H groups in total. The summed E-state index contributed by atoms with van der Waals surface area (Å²) in [6.45, 7) is 9.86. The van der Waals surface area contributed by atoms with Gasteiger partial charge in [0.2, 0.25) is 5.95 Å². The van der Waals surface area contributed by atoms with Gasteiger partial charge in [0.05, 0.1) is 5.69 Å². The molecule has 0 unspecified atom stereocenters. The molecule has 0 aromatic carbocycles. The molecule has 0 spiro atoms. The number of piperazine rings is 1. The van der Waals surface area contributed by atoms with E-state index in [0.717, 1.165) is 0 Å². The second-order valence-electron chi connectivity index (χ2n) is 8.28. The SMILES string of the molecule is CCNC(=O)c1cc(-c2ccnc(F)c2)nc(N2CCN(C(=O)OC(C)(C)C)CC2)c1. The number of aromatic nitrogens is 2. The molecule has 0 radical (unpaired) electrons. The summed E-state index contributed by atoms with van der Waals surface area (Å²) in [5.41, 5.74) is 0.904. The number of amides is 2. The van der Waals surface area contributed by atoms with E-state index in [9.17, 15) is 14.0 Å². The van der Waals surface area contributed by atoms with Crippen molar-refractivity contribution < 1.29 is 18.7 Å². The van der Waals surface area contributed by atoms with E-state index in [1.165, 1.54) is 12.3 Å². The van der Waals surface area contributed by atoms with Crippen LogP contribution in [0.4, 0.5) is 15.0 Å². The van der Waals surface area contributed by atoms with Crippen LogP contribution in [0.2, 0.25) is 0 Å². The van der Waals surface area contributed by atoms with Crippen molar-refractivity contribution in [3.8, 4) is 11.3 Å². The number of anilines is 1. The van der Waals surface area contributed by atoms with Crippen molar-refractivity contribution in [1.82, 2.24) is 20.2 Å². The molecular weight excluding hydrogens is 401 g/mol. The van der Waals surface area contributed by atoms with E-state index in [4.69, 9.17) is 4.74 Å². The van der Waals surface area contributed by atoms with E-state index < -0.39 is 11.5 Å². The average Bonchev–Trinajstić information content (AvgIpc) is 2.72. The quantitative estimate of drug-likeness (QED) is 0.752. The van der Waals surface area contributed by atoms with Crippen LogP contribution in [-0.2, 0) is 4.74 Å². The number of nitrogens with one attached hydrogen (secondary N) is 1. The number of pyridine rings is 2. The van der Waals surface area contributed by atoms with Crippen LogP contribution in [0.3, 0.4) is 0 Å². The van der Waals surface area contributed by atoms with Crippen LogP contribution >= 0.6 is 0 Å². The minimum Gasteiger partial charge on any atom is -0.444 e. The monoisotopic (exact) mass is 429 g/mol.